The van der Waals surface area contributed by atoms with Crippen molar-refractivity contribution in [1.82, 2.24) is 0 Å². The van der Waals surface area contributed by atoms with Crippen LogP contribution in [0.2, 0.25) is 0 Å². The maximum Gasteiger partial charge on any atom is 0.229 e. The van der Waals surface area contributed by atoms with Gasteiger partial charge in [-0.1, -0.05) is 13.3 Å². The van der Waals surface area contributed by atoms with Gasteiger partial charge in [0.15, 0.2) is 0 Å². The summed E-state index contributed by atoms with van der Waals surface area (Å²) in [5.74, 6) is -1.82. The molecule has 0 rings (SSSR count). The first-order chi connectivity index (χ1) is 5.13. The van der Waals surface area contributed by atoms with Gasteiger partial charge in [-0.05, 0) is 6.42 Å². The molecule has 0 bridgehead atoms. The quantitative estimate of drug-likeness (QED) is 0.520. The van der Waals surface area contributed by atoms with Crippen LogP contribution in [0, 0.1) is 0 Å². The van der Waals surface area contributed by atoms with Crippen molar-refractivity contribution in [3.05, 3.63) is 0 Å². The number of rotatable bonds is 5. The van der Waals surface area contributed by atoms with E-state index >= 15 is 0 Å². The van der Waals surface area contributed by atoms with E-state index in [-0.39, 0.29) is 6.42 Å². The first-order valence-electron chi connectivity index (χ1n) is 3.49. The standard InChI is InChI=1S/C7H12O4/c1-2-3-5(9)7(11)6(10)4-8/h5,8-9H,2-4H2,1H3. The van der Waals surface area contributed by atoms with Crippen molar-refractivity contribution in [3.8, 4) is 0 Å². The average Bonchev–Trinajstić information content (AvgIpc) is 2.02. The number of Topliss-reactive ketones (excluding diaryl/α,β-unsaturated/α-hetero) is 2. The number of aliphatic hydroxyl groups is 2. The molecular weight excluding hydrogens is 148 g/mol. The Morgan fingerprint density at radius 1 is 1.45 bits per heavy atom. The average molecular weight is 160 g/mol. The van der Waals surface area contributed by atoms with Crippen molar-refractivity contribution in [2.75, 3.05) is 6.61 Å². The molecule has 64 valence electrons. The van der Waals surface area contributed by atoms with E-state index in [9.17, 15) is 9.59 Å². The molecule has 11 heavy (non-hydrogen) atoms. The lowest BCUT2D eigenvalue weighted by Crippen LogP contribution is -2.30. The second kappa shape index (κ2) is 4.98. The SMILES string of the molecule is CCCC(O)C(=O)C(=O)CO. The van der Waals surface area contributed by atoms with Gasteiger partial charge in [-0.15, -0.1) is 0 Å². The zero-order valence-electron chi connectivity index (χ0n) is 6.41. The van der Waals surface area contributed by atoms with E-state index in [0.717, 1.165) is 0 Å². The Hall–Kier alpha value is -0.740. The minimum atomic E-state index is -1.24. The van der Waals surface area contributed by atoms with E-state index in [1.54, 1.807) is 6.92 Å². The third-order valence-electron chi connectivity index (χ3n) is 1.28. The van der Waals surface area contributed by atoms with Gasteiger partial charge in [0.25, 0.3) is 0 Å². The highest BCUT2D eigenvalue weighted by atomic mass is 16.3. The van der Waals surface area contributed by atoms with Gasteiger partial charge in [0.05, 0.1) is 0 Å². The third-order valence-corrected chi connectivity index (χ3v) is 1.28. The molecule has 0 radical (unpaired) electrons. The fourth-order valence-corrected chi connectivity index (χ4v) is 0.668. The van der Waals surface area contributed by atoms with Crippen molar-refractivity contribution in [2.24, 2.45) is 0 Å². The van der Waals surface area contributed by atoms with Gasteiger partial charge >= 0.3 is 0 Å². The van der Waals surface area contributed by atoms with Gasteiger partial charge in [-0.25, -0.2) is 0 Å². The summed E-state index contributed by atoms with van der Waals surface area (Å²) in [6.07, 6.45) is -0.337. The molecule has 0 fully saturated rings. The van der Waals surface area contributed by atoms with E-state index in [4.69, 9.17) is 10.2 Å². The van der Waals surface area contributed by atoms with Crippen LogP contribution in [0.4, 0.5) is 0 Å². The maximum atomic E-state index is 10.7. The Bertz CT molecular complexity index is 153. The summed E-state index contributed by atoms with van der Waals surface area (Å²) in [5.41, 5.74) is 0. The zero-order chi connectivity index (χ0) is 8.85. The molecule has 0 aliphatic carbocycles. The van der Waals surface area contributed by atoms with Crippen LogP contribution in [0.1, 0.15) is 19.8 Å². The van der Waals surface area contributed by atoms with E-state index < -0.39 is 24.3 Å². The van der Waals surface area contributed by atoms with Crippen LogP contribution in [0.15, 0.2) is 0 Å². The molecule has 1 atom stereocenters. The lowest BCUT2D eigenvalue weighted by atomic mass is 10.1. The zero-order valence-corrected chi connectivity index (χ0v) is 6.41. The Morgan fingerprint density at radius 2 is 2.00 bits per heavy atom. The molecule has 0 amide bonds. The third kappa shape index (κ3) is 3.25. The van der Waals surface area contributed by atoms with Crippen LogP contribution < -0.4 is 0 Å². The summed E-state index contributed by atoms with van der Waals surface area (Å²) >= 11 is 0. The predicted molar refractivity (Wildman–Crippen MR) is 38.0 cm³/mol. The van der Waals surface area contributed by atoms with E-state index in [1.165, 1.54) is 0 Å². The van der Waals surface area contributed by atoms with Gasteiger partial charge in [0.2, 0.25) is 11.6 Å². The highest BCUT2D eigenvalue weighted by molar-refractivity contribution is 6.39. The van der Waals surface area contributed by atoms with Gasteiger partial charge < -0.3 is 10.2 Å². The molecule has 0 aliphatic rings. The van der Waals surface area contributed by atoms with Crippen molar-refractivity contribution in [1.29, 1.82) is 0 Å². The largest absolute Gasteiger partial charge is 0.388 e. The summed E-state index contributed by atoms with van der Waals surface area (Å²) in [6, 6.07) is 0. The Balaban J connectivity index is 3.91. The molecular formula is C7H12O4. The van der Waals surface area contributed by atoms with Crippen LogP contribution in [-0.4, -0.2) is 34.5 Å². The van der Waals surface area contributed by atoms with E-state index in [0.29, 0.717) is 6.42 Å². The summed E-state index contributed by atoms with van der Waals surface area (Å²) < 4.78 is 0. The van der Waals surface area contributed by atoms with Crippen LogP contribution >= 0.6 is 0 Å². The summed E-state index contributed by atoms with van der Waals surface area (Å²) in [7, 11) is 0. The second-order valence-electron chi connectivity index (χ2n) is 2.25. The molecule has 1 unspecified atom stereocenters. The lowest BCUT2D eigenvalue weighted by Gasteiger charge is -2.04. The van der Waals surface area contributed by atoms with Crippen LogP contribution in [0.25, 0.3) is 0 Å². The highest BCUT2D eigenvalue weighted by Gasteiger charge is 2.20. The molecule has 0 aromatic carbocycles. The Kier molecular flexibility index (Phi) is 4.65. The predicted octanol–water partition coefficient (Wildman–Crippen LogP) is -0.722. The molecule has 0 saturated heterocycles. The van der Waals surface area contributed by atoms with Crippen LogP contribution in [-0.2, 0) is 9.59 Å². The lowest BCUT2D eigenvalue weighted by molar-refractivity contribution is -0.143. The fraction of sp³-hybridized carbons (Fsp3) is 0.714. The molecule has 0 heterocycles. The molecule has 4 nitrogen and oxygen atoms in total. The molecule has 4 heteroatoms. The van der Waals surface area contributed by atoms with Crippen LogP contribution in [0.3, 0.4) is 0 Å². The maximum absolute atomic E-state index is 10.7. The van der Waals surface area contributed by atoms with Gasteiger partial charge in [-0.3, -0.25) is 9.59 Å². The fourth-order valence-electron chi connectivity index (χ4n) is 0.668. The van der Waals surface area contributed by atoms with Crippen molar-refractivity contribution >= 4 is 11.6 Å². The van der Waals surface area contributed by atoms with Crippen molar-refractivity contribution < 1.29 is 19.8 Å². The van der Waals surface area contributed by atoms with Crippen molar-refractivity contribution in [3.63, 3.8) is 0 Å². The first kappa shape index (κ1) is 10.3. The topological polar surface area (TPSA) is 74.6 Å². The number of aliphatic hydroxyl groups excluding tert-OH is 2. The number of hydrogen-bond acceptors (Lipinski definition) is 4. The Morgan fingerprint density at radius 3 is 2.36 bits per heavy atom. The molecule has 0 aromatic rings. The van der Waals surface area contributed by atoms with Gasteiger partial charge in [0, 0.05) is 0 Å². The number of carbonyl (C=O) groups excluding carboxylic acids is 2. The Labute approximate surface area is 64.8 Å². The first-order valence-corrected chi connectivity index (χ1v) is 3.49. The second-order valence-corrected chi connectivity index (χ2v) is 2.25. The van der Waals surface area contributed by atoms with Crippen LogP contribution in [0.5, 0.6) is 0 Å². The monoisotopic (exact) mass is 160 g/mol. The highest BCUT2D eigenvalue weighted by Crippen LogP contribution is 1.97. The number of carbonyl (C=O) groups is 2. The minimum absolute atomic E-state index is 0.268. The van der Waals surface area contributed by atoms with Gasteiger partial charge in [0.1, 0.15) is 12.7 Å². The molecule has 0 spiro atoms. The minimum Gasteiger partial charge on any atom is -0.388 e. The van der Waals surface area contributed by atoms with Gasteiger partial charge in [-0.2, -0.15) is 0 Å². The smallest absolute Gasteiger partial charge is 0.229 e. The number of hydrogen-bond donors (Lipinski definition) is 2. The summed E-state index contributed by atoms with van der Waals surface area (Å²) in [6.45, 7) is 0.972. The molecule has 0 saturated carbocycles. The summed E-state index contributed by atoms with van der Waals surface area (Å²) in [4.78, 5) is 21.2. The van der Waals surface area contributed by atoms with Crippen molar-refractivity contribution in [2.45, 2.75) is 25.9 Å². The molecule has 2 N–H and O–H groups in total. The van der Waals surface area contributed by atoms with E-state index in [1.807, 2.05) is 0 Å². The van der Waals surface area contributed by atoms with E-state index in [2.05, 4.69) is 0 Å². The number of ketones is 2. The summed E-state index contributed by atoms with van der Waals surface area (Å²) in [5, 5.41) is 17.2. The molecule has 0 aliphatic heterocycles. The normalized spacial score (nSPS) is 12.6. The molecule has 0 aromatic heterocycles.